The first-order valence-electron chi connectivity index (χ1n) is 10.2. The van der Waals surface area contributed by atoms with Gasteiger partial charge in [0.05, 0.1) is 12.2 Å². The van der Waals surface area contributed by atoms with E-state index in [1.807, 2.05) is 0 Å². The highest BCUT2D eigenvalue weighted by molar-refractivity contribution is 5.86. The molecule has 4 saturated carbocycles. The summed E-state index contributed by atoms with van der Waals surface area (Å²) in [4.78, 5) is 12.3. The summed E-state index contributed by atoms with van der Waals surface area (Å²) in [6.07, 6.45) is 6.07. The number of aliphatic hydroxyl groups excluding tert-OH is 2. The van der Waals surface area contributed by atoms with Crippen molar-refractivity contribution in [2.45, 2.75) is 89.9 Å². The van der Waals surface area contributed by atoms with Crippen LogP contribution in [0.3, 0.4) is 0 Å². The van der Waals surface area contributed by atoms with E-state index in [1.54, 1.807) is 0 Å². The zero-order valence-electron chi connectivity index (χ0n) is 15.9. The van der Waals surface area contributed by atoms with Crippen LogP contribution < -0.4 is 0 Å². The van der Waals surface area contributed by atoms with Crippen LogP contribution in [0.15, 0.2) is 0 Å². The van der Waals surface area contributed by atoms with E-state index in [2.05, 4.69) is 13.8 Å². The number of aliphatic hydroxyl groups is 3. The lowest BCUT2D eigenvalue weighted by Gasteiger charge is -2.62. The van der Waals surface area contributed by atoms with Gasteiger partial charge in [-0.3, -0.25) is 4.79 Å². The van der Waals surface area contributed by atoms with Crippen LogP contribution in [-0.2, 0) is 4.79 Å². The molecule has 4 nitrogen and oxygen atoms in total. The average molecular weight is 350 g/mol. The largest absolute Gasteiger partial charge is 0.393 e. The predicted molar refractivity (Wildman–Crippen MR) is 94.8 cm³/mol. The molecule has 0 unspecified atom stereocenters. The summed E-state index contributed by atoms with van der Waals surface area (Å²) in [7, 11) is 0. The number of rotatable bonds is 1. The van der Waals surface area contributed by atoms with E-state index in [0.717, 1.165) is 44.9 Å². The van der Waals surface area contributed by atoms with Crippen molar-refractivity contribution in [3.63, 3.8) is 0 Å². The predicted octanol–water partition coefficient (Wildman–Crippen LogP) is 2.68. The summed E-state index contributed by atoms with van der Waals surface area (Å²) in [6, 6.07) is 0. The number of Topliss-reactive ketones (excluding diaryl/α,β-unsaturated/α-hetero) is 1. The van der Waals surface area contributed by atoms with Crippen molar-refractivity contribution in [3.05, 3.63) is 0 Å². The van der Waals surface area contributed by atoms with Crippen molar-refractivity contribution in [1.29, 1.82) is 0 Å². The molecule has 0 radical (unpaired) electrons. The molecular weight excluding hydrogens is 316 g/mol. The Morgan fingerprint density at radius 3 is 2.28 bits per heavy atom. The minimum absolute atomic E-state index is 0.0832. The van der Waals surface area contributed by atoms with E-state index in [9.17, 15) is 20.1 Å². The van der Waals surface area contributed by atoms with Crippen LogP contribution >= 0.6 is 0 Å². The zero-order valence-corrected chi connectivity index (χ0v) is 15.9. The monoisotopic (exact) mass is 350 g/mol. The second-order valence-corrected chi connectivity index (χ2v) is 10.1. The van der Waals surface area contributed by atoms with Gasteiger partial charge < -0.3 is 15.3 Å². The van der Waals surface area contributed by atoms with Crippen LogP contribution in [0.4, 0.5) is 0 Å². The van der Waals surface area contributed by atoms with Gasteiger partial charge in [0.25, 0.3) is 0 Å². The first-order chi connectivity index (χ1) is 11.6. The first-order valence-corrected chi connectivity index (χ1v) is 10.2. The van der Waals surface area contributed by atoms with E-state index in [1.165, 1.54) is 6.92 Å². The van der Waals surface area contributed by atoms with Gasteiger partial charge >= 0.3 is 0 Å². The second kappa shape index (κ2) is 5.53. The molecule has 4 fully saturated rings. The molecule has 25 heavy (non-hydrogen) atoms. The van der Waals surface area contributed by atoms with Crippen LogP contribution in [0.25, 0.3) is 0 Å². The number of hydrogen-bond acceptors (Lipinski definition) is 4. The lowest BCUT2D eigenvalue weighted by Crippen LogP contribution is -2.61. The summed E-state index contributed by atoms with van der Waals surface area (Å²) < 4.78 is 0. The van der Waals surface area contributed by atoms with Crippen molar-refractivity contribution in [1.82, 2.24) is 0 Å². The number of hydrogen-bond donors (Lipinski definition) is 3. The van der Waals surface area contributed by atoms with Crippen molar-refractivity contribution < 1.29 is 20.1 Å². The van der Waals surface area contributed by atoms with Crippen LogP contribution in [0.2, 0.25) is 0 Å². The quantitative estimate of drug-likeness (QED) is 0.679. The van der Waals surface area contributed by atoms with E-state index in [4.69, 9.17) is 0 Å². The summed E-state index contributed by atoms with van der Waals surface area (Å²) >= 11 is 0. The van der Waals surface area contributed by atoms with E-state index < -0.39 is 5.60 Å². The molecule has 142 valence electrons. The highest BCUT2D eigenvalue weighted by Crippen LogP contribution is 2.68. The Labute approximate surface area is 151 Å². The van der Waals surface area contributed by atoms with Gasteiger partial charge in [0.2, 0.25) is 0 Å². The molecule has 4 aliphatic rings. The molecule has 0 heterocycles. The average Bonchev–Trinajstić information content (AvgIpc) is 2.83. The summed E-state index contributed by atoms with van der Waals surface area (Å²) in [5, 5.41) is 32.2. The van der Waals surface area contributed by atoms with Crippen LogP contribution in [0.1, 0.15) is 72.1 Å². The van der Waals surface area contributed by atoms with Crippen molar-refractivity contribution in [2.24, 2.45) is 34.5 Å². The Bertz CT molecular complexity index is 576. The molecule has 0 saturated heterocycles. The normalized spacial score (nSPS) is 58.2. The van der Waals surface area contributed by atoms with E-state index in [0.29, 0.717) is 24.2 Å². The second-order valence-electron chi connectivity index (χ2n) is 10.1. The number of carbonyl (C=O) groups excluding carboxylic acids is 1. The lowest BCUT2D eigenvalue weighted by atomic mass is 9.43. The minimum Gasteiger partial charge on any atom is -0.393 e. The molecule has 0 aromatic rings. The van der Waals surface area contributed by atoms with Gasteiger partial charge in [0.1, 0.15) is 5.60 Å². The van der Waals surface area contributed by atoms with Gasteiger partial charge in [0.15, 0.2) is 5.78 Å². The highest BCUT2D eigenvalue weighted by atomic mass is 16.3. The molecule has 0 bridgehead atoms. The fourth-order valence-electron chi connectivity index (χ4n) is 7.87. The molecule has 4 rings (SSSR count). The molecule has 4 aliphatic carbocycles. The third-order valence-corrected chi connectivity index (χ3v) is 9.39. The highest BCUT2D eigenvalue weighted by Gasteiger charge is 2.67. The van der Waals surface area contributed by atoms with Gasteiger partial charge in [0, 0.05) is 5.41 Å². The summed E-state index contributed by atoms with van der Waals surface area (Å²) in [6.45, 7) is 5.99. The molecule has 0 aromatic heterocycles. The Balaban J connectivity index is 1.68. The molecule has 0 aliphatic heterocycles. The zero-order chi connectivity index (χ0) is 18.2. The SMILES string of the molecule is CC(=O)[C@@]1(O)CC[C@@H]2[C@@H]3C[C@H](O)[C@@H]4C[C@H](O)CC[C@@]4(C)[C@H]3CC[C@@]21C. The number of carbonyl (C=O) groups is 1. The maximum atomic E-state index is 12.3. The molecule has 4 heteroatoms. The van der Waals surface area contributed by atoms with Gasteiger partial charge in [-0.25, -0.2) is 0 Å². The van der Waals surface area contributed by atoms with E-state index in [-0.39, 0.29) is 34.7 Å². The van der Waals surface area contributed by atoms with Crippen LogP contribution in [-0.4, -0.2) is 38.9 Å². The van der Waals surface area contributed by atoms with Crippen LogP contribution in [0, 0.1) is 34.5 Å². The molecule has 0 amide bonds. The van der Waals surface area contributed by atoms with Gasteiger partial charge in [-0.1, -0.05) is 13.8 Å². The lowest BCUT2D eigenvalue weighted by molar-refractivity contribution is -0.189. The fourth-order valence-corrected chi connectivity index (χ4v) is 7.87. The van der Waals surface area contributed by atoms with E-state index >= 15 is 0 Å². The summed E-state index contributed by atoms with van der Waals surface area (Å²) in [5.74, 6) is 1.35. The maximum absolute atomic E-state index is 12.3. The molecular formula is C21H34O4. The standard InChI is InChI=1S/C21H34O4/c1-12(22)21(25)9-6-16-14-11-18(24)17-10-13(23)4-7-19(17,2)15(14)5-8-20(16,21)3/h13-18,23-25H,4-11H2,1-3H3/t13-,14-,15+,16-,17+,18+,19+,20+,21+/m1/s1. The molecule has 9 atom stereocenters. The molecule has 0 spiro atoms. The Morgan fingerprint density at radius 1 is 0.920 bits per heavy atom. The smallest absolute Gasteiger partial charge is 0.161 e. The Hall–Kier alpha value is -0.450. The molecule has 3 N–H and O–H groups in total. The Kier molecular flexibility index (Phi) is 3.97. The van der Waals surface area contributed by atoms with Gasteiger partial charge in [-0.15, -0.1) is 0 Å². The maximum Gasteiger partial charge on any atom is 0.161 e. The van der Waals surface area contributed by atoms with Crippen molar-refractivity contribution >= 4 is 5.78 Å². The Morgan fingerprint density at radius 2 is 1.60 bits per heavy atom. The van der Waals surface area contributed by atoms with Gasteiger partial charge in [-0.2, -0.15) is 0 Å². The molecule has 0 aromatic carbocycles. The fraction of sp³-hybridized carbons (Fsp3) is 0.952. The summed E-state index contributed by atoms with van der Waals surface area (Å²) in [5.41, 5.74) is -1.45. The number of ketones is 1. The van der Waals surface area contributed by atoms with Gasteiger partial charge in [-0.05, 0) is 87.4 Å². The number of fused-ring (bicyclic) bond motifs is 5. The third-order valence-electron chi connectivity index (χ3n) is 9.39. The van der Waals surface area contributed by atoms with Crippen LogP contribution in [0.5, 0.6) is 0 Å². The van der Waals surface area contributed by atoms with Crippen molar-refractivity contribution in [2.75, 3.05) is 0 Å². The minimum atomic E-state index is -1.19. The topological polar surface area (TPSA) is 77.8 Å². The van der Waals surface area contributed by atoms with Crippen molar-refractivity contribution in [3.8, 4) is 0 Å². The third kappa shape index (κ3) is 2.20. The first kappa shape index (κ1) is 17.9.